The summed E-state index contributed by atoms with van der Waals surface area (Å²) in [6.45, 7) is 1.93. The van der Waals surface area contributed by atoms with E-state index in [-0.39, 0.29) is 30.4 Å². The highest BCUT2D eigenvalue weighted by molar-refractivity contribution is 8.18. The van der Waals surface area contributed by atoms with Crippen LogP contribution in [0.15, 0.2) is 29.2 Å². The van der Waals surface area contributed by atoms with Gasteiger partial charge in [0, 0.05) is 22.9 Å². The van der Waals surface area contributed by atoms with E-state index in [1.165, 1.54) is 11.3 Å². The lowest BCUT2D eigenvalue weighted by Gasteiger charge is -2.13. The zero-order chi connectivity index (χ0) is 24.2. The van der Waals surface area contributed by atoms with Gasteiger partial charge in [-0.2, -0.15) is 0 Å². The van der Waals surface area contributed by atoms with E-state index < -0.39 is 17.1 Å². The van der Waals surface area contributed by atoms with Crippen LogP contribution in [0.3, 0.4) is 0 Å². The number of imide groups is 1. The van der Waals surface area contributed by atoms with Gasteiger partial charge in [-0.3, -0.25) is 19.3 Å². The van der Waals surface area contributed by atoms with Crippen molar-refractivity contribution in [1.29, 1.82) is 0 Å². The van der Waals surface area contributed by atoms with Crippen LogP contribution >= 0.6 is 34.7 Å². The fraction of sp³-hybridized carbons (Fsp3) is 0.333. The Bertz CT molecular complexity index is 1190. The molecule has 3 amide bonds. The van der Waals surface area contributed by atoms with Crippen LogP contribution in [-0.4, -0.2) is 41.1 Å². The maximum absolute atomic E-state index is 12.7. The second-order valence-electron chi connectivity index (χ2n) is 7.79. The van der Waals surface area contributed by atoms with Crippen LogP contribution in [0, 0.1) is 0 Å². The number of ether oxygens (including phenoxy) is 1. The summed E-state index contributed by atoms with van der Waals surface area (Å²) in [5.74, 6) is -1.27. The number of aryl methyl sites for hydroxylation is 1. The quantitative estimate of drug-likeness (QED) is 0.383. The molecule has 1 aromatic heterocycles. The van der Waals surface area contributed by atoms with Crippen LogP contribution in [-0.2, 0) is 27.2 Å². The van der Waals surface area contributed by atoms with E-state index in [2.05, 4.69) is 5.32 Å². The number of thiophene rings is 1. The van der Waals surface area contributed by atoms with E-state index in [1.807, 2.05) is 0 Å². The maximum Gasteiger partial charge on any atom is 0.341 e. The number of thioether (sulfide) groups is 1. The van der Waals surface area contributed by atoms with Gasteiger partial charge in [0.05, 0.1) is 17.1 Å². The second-order valence-corrected chi connectivity index (χ2v) is 10.3. The van der Waals surface area contributed by atoms with Crippen LogP contribution in [0.25, 0.3) is 6.08 Å². The summed E-state index contributed by atoms with van der Waals surface area (Å²) in [7, 11) is 0. The van der Waals surface area contributed by atoms with Gasteiger partial charge in [0.1, 0.15) is 5.00 Å². The first-order valence-corrected chi connectivity index (χ1v) is 13.0. The third-order valence-corrected chi connectivity index (χ3v) is 7.99. The molecule has 4 rings (SSSR count). The number of benzene rings is 1. The maximum atomic E-state index is 12.7. The first kappa shape index (κ1) is 24.5. The molecule has 0 radical (unpaired) electrons. The van der Waals surface area contributed by atoms with Crippen molar-refractivity contribution in [2.75, 3.05) is 18.5 Å². The molecule has 10 heteroatoms. The van der Waals surface area contributed by atoms with Gasteiger partial charge in [0.2, 0.25) is 5.91 Å². The van der Waals surface area contributed by atoms with E-state index in [9.17, 15) is 19.2 Å². The lowest BCUT2D eigenvalue weighted by atomic mass is 9.95. The van der Waals surface area contributed by atoms with E-state index in [4.69, 9.17) is 16.3 Å². The number of halogens is 1. The van der Waals surface area contributed by atoms with Gasteiger partial charge in [-0.1, -0.05) is 29.8 Å². The van der Waals surface area contributed by atoms with Crippen molar-refractivity contribution in [3.8, 4) is 0 Å². The monoisotopic (exact) mass is 518 g/mol. The Morgan fingerprint density at radius 1 is 1.21 bits per heavy atom. The number of anilines is 1. The summed E-state index contributed by atoms with van der Waals surface area (Å²) in [6.07, 6.45) is 5.19. The Kier molecular flexibility index (Phi) is 7.75. The number of amides is 3. The van der Waals surface area contributed by atoms with Crippen LogP contribution in [0.5, 0.6) is 0 Å². The number of nitrogens with zero attached hydrogens (tertiary/aromatic N) is 1. The van der Waals surface area contributed by atoms with E-state index in [0.717, 1.165) is 52.8 Å². The van der Waals surface area contributed by atoms with Crippen LogP contribution in [0.4, 0.5) is 9.80 Å². The van der Waals surface area contributed by atoms with E-state index in [0.29, 0.717) is 21.2 Å². The van der Waals surface area contributed by atoms with Gasteiger partial charge in [-0.25, -0.2) is 4.79 Å². The van der Waals surface area contributed by atoms with Crippen molar-refractivity contribution in [1.82, 2.24) is 4.90 Å². The number of fused-ring (bicyclic) bond motifs is 1. The predicted octanol–water partition coefficient (Wildman–Crippen LogP) is 5.52. The van der Waals surface area contributed by atoms with Gasteiger partial charge >= 0.3 is 5.97 Å². The lowest BCUT2D eigenvalue weighted by Crippen LogP contribution is -2.31. The Hall–Kier alpha value is -2.62. The number of carbonyl (C=O) groups is 4. The summed E-state index contributed by atoms with van der Waals surface area (Å²) < 4.78 is 5.21. The summed E-state index contributed by atoms with van der Waals surface area (Å²) >= 11 is 8.37. The smallest absolute Gasteiger partial charge is 0.341 e. The third kappa shape index (κ3) is 5.21. The molecule has 0 saturated carbocycles. The average Bonchev–Trinajstić information content (AvgIpc) is 3.30. The van der Waals surface area contributed by atoms with Crippen LogP contribution < -0.4 is 5.32 Å². The third-order valence-electron chi connectivity index (χ3n) is 5.53. The molecule has 0 bridgehead atoms. The van der Waals surface area contributed by atoms with Crippen LogP contribution in [0.2, 0.25) is 5.02 Å². The first-order valence-electron chi connectivity index (χ1n) is 11.0. The van der Waals surface area contributed by atoms with Crippen molar-refractivity contribution >= 4 is 68.8 Å². The zero-order valence-corrected chi connectivity index (χ0v) is 20.9. The fourth-order valence-corrected chi connectivity index (χ4v) is 6.24. The van der Waals surface area contributed by atoms with Gasteiger partial charge in [0.25, 0.3) is 11.1 Å². The molecule has 1 aliphatic heterocycles. The standard InChI is InChI=1S/C24H23ClN2O5S2/c1-2-32-23(30)20-15-8-4-6-10-17(15)33-21(20)26-19(28)11-12-27-22(29)18(34-24(27)31)13-14-7-3-5-9-16(14)25/h3,5,7,9,13H,2,4,6,8,10-12H2,1H3,(H,26,28). The number of hydrogen-bond acceptors (Lipinski definition) is 7. The van der Waals surface area contributed by atoms with Gasteiger partial charge in [0.15, 0.2) is 0 Å². The molecule has 178 valence electrons. The van der Waals surface area contributed by atoms with Gasteiger partial charge in [-0.05, 0) is 67.6 Å². The molecule has 2 aromatic rings. The lowest BCUT2D eigenvalue weighted by molar-refractivity contribution is -0.123. The van der Waals surface area contributed by atoms with Gasteiger partial charge < -0.3 is 10.1 Å². The molecule has 0 atom stereocenters. The highest BCUT2D eigenvalue weighted by Crippen LogP contribution is 2.39. The molecule has 1 aromatic carbocycles. The van der Waals surface area contributed by atoms with Crippen LogP contribution in [0.1, 0.15) is 52.5 Å². The summed E-state index contributed by atoms with van der Waals surface area (Å²) in [5, 5.41) is 3.33. The molecule has 1 saturated heterocycles. The minimum absolute atomic E-state index is 0.0593. The first-order chi connectivity index (χ1) is 16.4. The summed E-state index contributed by atoms with van der Waals surface area (Å²) in [6, 6.07) is 7.03. The molecule has 2 aliphatic rings. The van der Waals surface area contributed by atoms with Crippen molar-refractivity contribution in [2.45, 2.75) is 39.0 Å². The number of nitrogens with one attached hydrogen (secondary N) is 1. The minimum Gasteiger partial charge on any atom is -0.462 e. The number of carbonyl (C=O) groups excluding carboxylic acids is 4. The normalized spacial score (nSPS) is 16.6. The van der Waals surface area contributed by atoms with E-state index >= 15 is 0 Å². The molecule has 1 fully saturated rings. The molecule has 7 nitrogen and oxygen atoms in total. The predicted molar refractivity (Wildman–Crippen MR) is 134 cm³/mol. The highest BCUT2D eigenvalue weighted by atomic mass is 35.5. The Morgan fingerprint density at radius 3 is 2.74 bits per heavy atom. The Balaban J connectivity index is 1.43. The second kappa shape index (κ2) is 10.8. The van der Waals surface area contributed by atoms with Crippen molar-refractivity contribution in [3.63, 3.8) is 0 Å². The zero-order valence-electron chi connectivity index (χ0n) is 18.5. The topological polar surface area (TPSA) is 92.8 Å². The number of hydrogen-bond donors (Lipinski definition) is 1. The molecule has 0 spiro atoms. The highest BCUT2D eigenvalue weighted by Gasteiger charge is 2.35. The fourth-order valence-electron chi connectivity index (χ4n) is 3.90. The Morgan fingerprint density at radius 2 is 1.97 bits per heavy atom. The summed E-state index contributed by atoms with van der Waals surface area (Å²) in [4.78, 5) is 52.8. The van der Waals surface area contributed by atoms with Gasteiger partial charge in [-0.15, -0.1) is 11.3 Å². The SMILES string of the molecule is CCOC(=O)c1c(NC(=O)CCN2C(=O)SC(=Cc3ccccc3Cl)C2=O)sc2c1CCCC2. The summed E-state index contributed by atoms with van der Waals surface area (Å²) in [5.41, 5.74) is 2.03. The molecule has 1 aliphatic carbocycles. The molecule has 0 unspecified atom stereocenters. The number of rotatable bonds is 7. The largest absolute Gasteiger partial charge is 0.462 e. The van der Waals surface area contributed by atoms with Crippen molar-refractivity contribution < 1.29 is 23.9 Å². The number of esters is 1. The Labute approximate surface area is 210 Å². The average molecular weight is 519 g/mol. The molecular weight excluding hydrogens is 496 g/mol. The molecular formula is C24H23ClN2O5S2. The van der Waals surface area contributed by atoms with Crippen molar-refractivity contribution in [3.05, 3.63) is 55.8 Å². The molecule has 1 N–H and O–H groups in total. The van der Waals surface area contributed by atoms with Crippen molar-refractivity contribution in [2.24, 2.45) is 0 Å². The molecule has 2 heterocycles. The minimum atomic E-state index is -0.457. The molecule has 34 heavy (non-hydrogen) atoms. The van der Waals surface area contributed by atoms with E-state index in [1.54, 1.807) is 37.3 Å².